The fourth-order valence-corrected chi connectivity index (χ4v) is 3.45. The SMILES string of the molecule is C=CCN1C(=O)S/C(=C\c2cc(Br)c(OCC)cc2OCC)C1=O. The van der Waals surface area contributed by atoms with Crippen molar-refractivity contribution in [3.63, 3.8) is 0 Å². The molecule has 0 spiro atoms. The molecule has 1 aliphatic rings. The first-order chi connectivity index (χ1) is 11.5. The standard InChI is InChI=1S/C17H18BrNO4S/c1-4-7-19-16(20)15(24-17(19)21)9-11-8-12(18)14(23-6-3)10-13(11)22-5-2/h4,8-10H,1,5-7H2,2-3H3/b15-9-. The van der Waals surface area contributed by atoms with Crippen LogP contribution in [0.1, 0.15) is 19.4 Å². The van der Waals surface area contributed by atoms with Gasteiger partial charge in [0.25, 0.3) is 11.1 Å². The van der Waals surface area contributed by atoms with Crippen LogP contribution < -0.4 is 9.47 Å². The van der Waals surface area contributed by atoms with Gasteiger partial charge in [-0.05, 0) is 53.7 Å². The number of thioether (sulfide) groups is 1. The van der Waals surface area contributed by atoms with E-state index in [1.165, 1.54) is 6.08 Å². The first-order valence-corrected chi connectivity index (χ1v) is 9.08. The number of hydrogen-bond donors (Lipinski definition) is 0. The molecule has 1 aliphatic heterocycles. The van der Waals surface area contributed by atoms with Crippen molar-refractivity contribution in [1.82, 2.24) is 4.90 Å². The molecular weight excluding hydrogens is 394 g/mol. The lowest BCUT2D eigenvalue weighted by atomic mass is 10.1. The van der Waals surface area contributed by atoms with Crippen molar-refractivity contribution in [2.24, 2.45) is 0 Å². The summed E-state index contributed by atoms with van der Waals surface area (Å²) in [6.45, 7) is 8.55. The molecule has 5 nitrogen and oxygen atoms in total. The lowest BCUT2D eigenvalue weighted by Crippen LogP contribution is -2.27. The highest BCUT2D eigenvalue weighted by Gasteiger charge is 2.34. The van der Waals surface area contributed by atoms with Gasteiger partial charge in [0.15, 0.2) is 0 Å². The van der Waals surface area contributed by atoms with Gasteiger partial charge in [0, 0.05) is 18.2 Å². The number of rotatable bonds is 7. The Balaban J connectivity index is 2.41. The predicted molar refractivity (Wildman–Crippen MR) is 99.4 cm³/mol. The number of ether oxygens (including phenoxy) is 2. The summed E-state index contributed by atoms with van der Waals surface area (Å²) in [6, 6.07) is 3.59. The van der Waals surface area contributed by atoms with E-state index in [0.29, 0.717) is 35.2 Å². The number of halogens is 1. The van der Waals surface area contributed by atoms with Gasteiger partial charge in [0.2, 0.25) is 0 Å². The lowest BCUT2D eigenvalue weighted by Gasteiger charge is -2.13. The highest BCUT2D eigenvalue weighted by atomic mass is 79.9. The number of carbonyl (C=O) groups is 2. The van der Waals surface area contributed by atoms with Crippen molar-refractivity contribution in [3.8, 4) is 11.5 Å². The second-order valence-electron chi connectivity index (χ2n) is 4.77. The first-order valence-electron chi connectivity index (χ1n) is 7.47. The van der Waals surface area contributed by atoms with E-state index in [2.05, 4.69) is 22.5 Å². The van der Waals surface area contributed by atoms with Crippen LogP contribution in [0.3, 0.4) is 0 Å². The Kier molecular flexibility index (Phi) is 6.51. The van der Waals surface area contributed by atoms with Gasteiger partial charge in [0.05, 0.1) is 22.6 Å². The van der Waals surface area contributed by atoms with Crippen LogP contribution in [0.15, 0.2) is 34.2 Å². The Morgan fingerprint density at radius 1 is 1.21 bits per heavy atom. The van der Waals surface area contributed by atoms with E-state index >= 15 is 0 Å². The van der Waals surface area contributed by atoms with Crippen LogP contribution in [0.2, 0.25) is 0 Å². The zero-order valence-corrected chi connectivity index (χ0v) is 15.9. The van der Waals surface area contributed by atoms with Gasteiger partial charge in [-0.3, -0.25) is 14.5 Å². The van der Waals surface area contributed by atoms with Crippen LogP contribution in [-0.4, -0.2) is 35.8 Å². The maximum atomic E-state index is 12.3. The Bertz CT molecular complexity index is 702. The van der Waals surface area contributed by atoms with Gasteiger partial charge in [-0.25, -0.2) is 0 Å². The highest BCUT2D eigenvalue weighted by molar-refractivity contribution is 9.10. The monoisotopic (exact) mass is 411 g/mol. The first kappa shape index (κ1) is 18.6. The summed E-state index contributed by atoms with van der Waals surface area (Å²) in [5.41, 5.74) is 0.705. The largest absolute Gasteiger partial charge is 0.493 e. The zero-order chi connectivity index (χ0) is 17.7. The minimum atomic E-state index is -0.322. The quantitative estimate of drug-likeness (QED) is 0.489. The van der Waals surface area contributed by atoms with Gasteiger partial charge >= 0.3 is 0 Å². The minimum absolute atomic E-state index is 0.202. The summed E-state index contributed by atoms with van der Waals surface area (Å²) in [6.07, 6.45) is 3.19. The van der Waals surface area contributed by atoms with Crippen LogP contribution in [0.5, 0.6) is 11.5 Å². The third kappa shape index (κ3) is 4.02. The molecule has 0 aromatic heterocycles. The third-order valence-corrected chi connectivity index (χ3v) is 4.66. The van der Waals surface area contributed by atoms with Crippen molar-refractivity contribution < 1.29 is 19.1 Å². The summed E-state index contributed by atoms with van der Waals surface area (Å²) >= 11 is 4.37. The molecular formula is C17H18BrNO4S. The molecule has 0 unspecified atom stereocenters. The fourth-order valence-electron chi connectivity index (χ4n) is 2.14. The number of benzene rings is 1. The normalized spacial score (nSPS) is 16.0. The summed E-state index contributed by atoms with van der Waals surface area (Å²) in [5, 5.41) is -0.297. The topological polar surface area (TPSA) is 55.8 Å². The molecule has 128 valence electrons. The number of imide groups is 1. The third-order valence-electron chi connectivity index (χ3n) is 3.14. The van der Waals surface area contributed by atoms with Gasteiger partial charge in [-0.1, -0.05) is 6.08 Å². The molecule has 0 N–H and O–H groups in total. The van der Waals surface area contributed by atoms with Gasteiger partial charge < -0.3 is 9.47 Å². The second-order valence-corrected chi connectivity index (χ2v) is 6.62. The fraction of sp³-hybridized carbons (Fsp3) is 0.294. The number of nitrogens with zero attached hydrogens (tertiary/aromatic N) is 1. The van der Waals surface area contributed by atoms with Crippen molar-refractivity contribution in [2.75, 3.05) is 19.8 Å². The second kappa shape index (κ2) is 8.39. The summed E-state index contributed by atoms with van der Waals surface area (Å²) in [5.74, 6) is 0.940. The number of amides is 2. The Morgan fingerprint density at radius 2 is 1.88 bits per heavy atom. The molecule has 24 heavy (non-hydrogen) atoms. The molecule has 1 fully saturated rings. The Morgan fingerprint density at radius 3 is 2.50 bits per heavy atom. The molecule has 0 radical (unpaired) electrons. The van der Waals surface area contributed by atoms with E-state index in [0.717, 1.165) is 21.1 Å². The summed E-state index contributed by atoms with van der Waals surface area (Å²) < 4.78 is 11.9. The van der Waals surface area contributed by atoms with Crippen molar-refractivity contribution in [2.45, 2.75) is 13.8 Å². The van der Waals surface area contributed by atoms with Crippen LogP contribution in [-0.2, 0) is 4.79 Å². The van der Waals surface area contributed by atoms with Crippen molar-refractivity contribution in [1.29, 1.82) is 0 Å². The highest BCUT2D eigenvalue weighted by Crippen LogP contribution is 2.38. The molecule has 1 saturated heterocycles. The number of hydrogen-bond acceptors (Lipinski definition) is 5. The van der Waals surface area contributed by atoms with E-state index in [1.54, 1.807) is 12.1 Å². The van der Waals surface area contributed by atoms with E-state index in [9.17, 15) is 9.59 Å². The van der Waals surface area contributed by atoms with Crippen LogP contribution in [0, 0.1) is 0 Å². The number of carbonyl (C=O) groups excluding carboxylic acids is 2. The van der Waals surface area contributed by atoms with Gasteiger partial charge in [-0.2, -0.15) is 0 Å². The molecule has 0 aliphatic carbocycles. The van der Waals surface area contributed by atoms with Gasteiger partial charge in [0.1, 0.15) is 11.5 Å². The van der Waals surface area contributed by atoms with Crippen LogP contribution >= 0.6 is 27.7 Å². The van der Waals surface area contributed by atoms with E-state index in [4.69, 9.17) is 9.47 Å². The van der Waals surface area contributed by atoms with Crippen LogP contribution in [0.25, 0.3) is 6.08 Å². The molecule has 1 heterocycles. The molecule has 1 aromatic carbocycles. The van der Waals surface area contributed by atoms with E-state index in [-0.39, 0.29) is 17.7 Å². The smallest absolute Gasteiger partial charge is 0.293 e. The molecule has 0 saturated carbocycles. The average molecular weight is 412 g/mol. The molecule has 7 heteroatoms. The van der Waals surface area contributed by atoms with Crippen LogP contribution in [0.4, 0.5) is 4.79 Å². The molecule has 2 rings (SSSR count). The van der Waals surface area contributed by atoms with Crippen molar-refractivity contribution >= 4 is 44.9 Å². The van der Waals surface area contributed by atoms with E-state index in [1.807, 2.05) is 19.9 Å². The zero-order valence-electron chi connectivity index (χ0n) is 13.5. The molecule has 1 aromatic rings. The van der Waals surface area contributed by atoms with Gasteiger partial charge in [-0.15, -0.1) is 6.58 Å². The Hall–Kier alpha value is -1.73. The lowest BCUT2D eigenvalue weighted by molar-refractivity contribution is -0.122. The summed E-state index contributed by atoms with van der Waals surface area (Å²) in [4.78, 5) is 25.8. The molecule has 2 amide bonds. The predicted octanol–water partition coefficient (Wildman–Crippen LogP) is 4.47. The maximum Gasteiger partial charge on any atom is 0.293 e. The summed E-state index contributed by atoms with van der Waals surface area (Å²) in [7, 11) is 0. The molecule has 0 atom stereocenters. The van der Waals surface area contributed by atoms with Crippen molar-refractivity contribution in [3.05, 3.63) is 39.7 Å². The molecule has 0 bridgehead atoms. The van der Waals surface area contributed by atoms with E-state index < -0.39 is 0 Å². The average Bonchev–Trinajstić information content (AvgIpc) is 2.80. The maximum absolute atomic E-state index is 12.3. The Labute approximate surface area is 153 Å². The minimum Gasteiger partial charge on any atom is -0.493 e.